The summed E-state index contributed by atoms with van der Waals surface area (Å²) >= 11 is 3.58. The molecule has 0 amide bonds. The summed E-state index contributed by atoms with van der Waals surface area (Å²) < 4.78 is 0. The van der Waals surface area contributed by atoms with Crippen LogP contribution in [-0.4, -0.2) is 27.8 Å². The first-order valence-corrected chi connectivity index (χ1v) is 6.21. The van der Waals surface area contributed by atoms with Gasteiger partial charge in [-0.25, -0.2) is 0 Å². The molecule has 0 bridgehead atoms. The second kappa shape index (κ2) is 4.89. The van der Waals surface area contributed by atoms with Gasteiger partial charge in [-0.1, -0.05) is 15.9 Å². The van der Waals surface area contributed by atoms with E-state index in [1.807, 2.05) is 12.4 Å². The van der Waals surface area contributed by atoms with Crippen molar-refractivity contribution in [2.45, 2.75) is 25.4 Å². The molecule has 0 aromatic carbocycles. The van der Waals surface area contributed by atoms with Crippen LogP contribution in [0.1, 0.15) is 18.4 Å². The van der Waals surface area contributed by atoms with Gasteiger partial charge >= 0.3 is 0 Å². The van der Waals surface area contributed by atoms with Gasteiger partial charge in [-0.05, 0) is 37.1 Å². The molecule has 1 saturated heterocycles. The van der Waals surface area contributed by atoms with Crippen molar-refractivity contribution in [1.82, 2.24) is 9.88 Å². The van der Waals surface area contributed by atoms with Crippen LogP contribution in [-0.2, 0) is 6.54 Å². The van der Waals surface area contributed by atoms with E-state index < -0.39 is 0 Å². The van der Waals surface area contributed by atoms with Crippen molar-refractivity contribution < 1.29 is 0 Å². The monoisotopic (exact) mass is 254 g/mol. The number of hydrogen-bond donors (Lipinski definition) is 0. The lowest BCUT2D eigenvalue weighted by molar-refractivity contribution is 0.265. The largest absolute Gasteiger partial charge is 0.295 e. The standard InChI is InChI=1S/C11H15BrN2/c12-8-11-2-1-7-14(11)9-10-3-5-13-6-4-10/h3-6,11H,1-2,7-9H2. The Bertz CT molecular complexity index is 276. The fraction of sp³-hybridized carbons (Fsp3) is 0.545. The van der Waals surface area contributed by atoms with Gasteiger partial charge in [0.1, 0.15) is 0 Å². The highest BCUT2D eigenvalue weighted by Gasteiger charge is 2.22. The lowest BCUT2D eigenvalue weighted by atomic mass is 10.2. The highest BCUT2D eigenvalue weighted by atomic mass is 79.9. The molecule has 2 heterocycles. The fourth-order valence-corrected chi connectivity index (χ4v) is 2.73. The Hall–Kier alpha value is -0.410. The van der Waals surface area contributed by atoms with Gasteiger partial charge in [0, 0.05) is 30.3 Å². The summed E-state index contributed by atoms with van der Waals surface area (Å²) in [5.41, 5.74) is 1.37. The molecule has 1 aliphatic heterocycles. The van der Waals surface area contributed by atoms with Gasteiger partial charge in [0.25, 0.3) is 0 Å². The second-order valence-corrected chi connectivity index (χ2v) is 4.42. The fourth-order valence-electron chi connectivity index (χ4n) is 2.00. The van der Waals surface area contributed by atoms with Gasteiger partial charge in [0.15, 0.2) is 0 Å². The van der Waals surface area contributed by atoms with E-state index in [2.05, 4.69) is 37.9 Å². The summed E-state index contributed by atoms with van der Waals surface area (Å²) in [5, 5.41) is 1.10. The highest BCUT2D eigenvalue weighted by molar-refractivity contribution is 9.09. The van der Waals surface area contributed by atoms with Crippen molar-refractivity contribution in [3.05, 3.63) is 30.1 Å². The Morgan fingerprint density at radius 1 is 1.43 bits per heavy atom. The molecule has 0 radical (unpaired) electrons. The molecule has 3 heteroatoms. The lowest BCUT2D eigenvalue weighted by Crippen LogP contribution is -2.29. The molecule has 1 atom stereocenters. The SMILES string of the molecule is BrCC1CCCN1Cc1ccncc1. The van der Waals surface area contributed by atoms with Gasteiger partial charge < -0.3 is 0 Å². The van der Waals surface area contributed by atoms with Crippen LogP contribution in [0.15, 0.2) is 24.5 Å². The number of halogens is 1. The summed E-state index contributed by atoms with van der Waals surface area (Å²) in [7, 11) is 0. The minimum absolute atomic E-state index is 0.725. The Kier molecular flexibility index (Phi) is 3.54. The van der Waals surface area contributed by atoms with E-state index in [-0.39, 0.29) is 0 Å². The van der Waals surface area contributed by atoms with Crippen molar-refractivity contribution in [1.29, 1.82) is 0 Å². The molecule has 1 aromatic rings. The normalized spacial score (nSPS) is 22.8. The van der Waals surface area contributed by atoms with E-state index >= 15 is 0 Å². The quantitative estimate of drug-likeness (QED) is 0.771. The molecular formula is C11H15BrN2. The molecule has 0 aliphatic carbocycles. The smallest absolute Gasteiger partial charge is 0.0271 e. The number of rotatable bonds is 3. The molecule has 1 aromatic heterocycles. The first kappa shape index (κ1) is 10.1. The number of likely N-dealkylation sites (tertiary alicyclic amines) is 1. The van der Waals surface area contributed by atoms with Crippen LogP contribution in [0.3, 0.4) is 0 Å². The predicted octanol–water partition coefficient (Wildman–Crippen LogP) is 2.44. The van der Waals surface area contributed by atoms with E-state index in [1.165, 1.54) is 24.9 Å². The maximum absolute atomic E-state index is 4.03. The number of hydrogen-bond acceptors (Lipinski definition) is 2. The molecule has 76 valence electrons. The van der Waals surface area contributed by atoms with Gasteiger partial charge in [-0.3, -0.25) is 9.88 Å². The minimum Gasteiger partial charge on any atom is -0.295 e. The van der Waals surface area contributed by atoms with Crippen LogP contribution in [0, 0.1) is 0 Å². The average molecular weight is 255 g/mol. The molecule has 1 unspecified atom stereocenters. The topological polar surface area (TPSA) is 16.1 Å². The first-order chi connectivity index (χ1) is 6.90. The summed E-state index contributed by atoms with van der Waals surface area (Å²) in [4.78, 5) is 6.58. The van der Waals surface area contributed by atoms with E-state index in [1.54, 1.807) is 0 Å². The molecule has 1 aliphatic rings. The first-order valence-electron chi connectivity index (χ1n) is 5.09. The van der Waals surface area contributed by atoms with Crippen molar-refractivity contribution in [2.24, 2.45) is 0 Å². The van der Waals surface area contributed by atoms with Gasteiger partial charge in [-0.2, -0.15) is 0 Å². The molecule has 14 heavy (non-hydrogen) atoms. The zero-order valence-corrected chi connectivity index (χ0v) is 9.78. The average Bonchev–Trinajstić information content (AvgIpc) is 2.67. The predicted molar refractivity (Wildman–Crippen MR) is 61.5 cm³/mol. The molecule has 0 saturated carbocycles. The van der Waals surface area contributed by atoms with Crippen LogP contribution in [0.2, 0.25) is 0 Å². The van der Waals surface area contributed by atoms with Gasteiger partial charge in [-0.15, -0.1) is 0 Å². The summed E-state index contributed by atoms with van der Waals surface area (Å²) in [6.45, 7) is 2.30. The van der Waals surface area contributed by atoms with E-state index in [9.17, 15) is 0 Å². The van der Waals surface area contributed by atoms with Crippen LogP contribution >= 0.6 is 15.9 Å². The number of nitrogens with zero attached hydrogens (tertiary/aromatic N) is 2. The highest BCUT2D eigenvalue weighted by Crippen LogP contribution is 2.20. The van der Waals surface area contributed by atoms with E-state index in [4.69, 9.17) is 0 Å². The second-order valence-electron chi connectivity index (χ2n) is 3.78. The van der Waals surface area contributed by atoms with Gasteiger partial charge in [0.05, 0.1) is 0 Å². The van der Waals surface area contributed by atoms with Crippen molar-refractivity contribution in [3.63, 3.8) is 0 Å². The molecule has 2 rings (SSSR count). The molecule has 2 nitrogen and oxygen atoms in total. The minimum atomic E-state index is 0.725. The van der Waals surface area contributed by atoms with Crippen molar-refractivity contribution in [2.75, 3.05) is 11.9 Å². The Morgan fingerprint density at radius 3 is 2.93 bits per heavy atom. The molecular weight excluding hydrogens is 240 g/mol. The molecule has 0 spiro atoms. The lowest BCUT2D eigenvalue weighted by Gasteiger charge is -2.22. The summed E-state index contributed by atoms with van der Waals surface area (Å²) in [5.74, 6) is 0. The Balaban J connectivity index is 1.97. The third kappa shape index (κ3) is 2.34. The van der Waals surface area contributed by atoms with E-state index in [0.29, 0.717) is 0 Å². The third-order valence-electron chi connectivity index (χ3n) is 2.81. The summed E-state index contributed by atoms with van der Waals surface area (Å²) in [6, 6.07) is 4.93. The van der Waals surface area contributed by atoms with Crippen LogP contribution < -0.4 is 0 Å². The number of pyridine rings is 1. The maximum Gasteiger partial charge on any atom is 0.0271 e. The summed E-state index contributed by atoms with van der Waals surface area (Å²) in [6.07, 6.45) is 6.40. The van der Waals surface area contributed by atoms with Crippen LogP contribution in [0.4, 0.5) is 0 Å². The molecule has 1 fully saturated rings. The molecule has 0 N–H and O–H groups in total. The van der Waals surface area contributed by atoms with Crippen LogP contribution in [0.5, 0.6) is 0 Å². The maximum atomic E-state index is 4.03. The zero-order valence-electron chi connectivity index (χ0n) is 8.19. The van der Waals surface area contributed by atoms with Gasteiger partial charge in [0.2, 0.25) is 0 Å². The Morgan fingerprint density at radius 2 is 2.21 bits per heavy atom. The van der Waals surface area contributed by atoms with Crippen molar-refractivity contribution >= 4 is 15.9 Å². The van der Waals surface area contributed by atoms with E-state index in [0.717, 1.165) is 17.9 Å². The Labute approximate surface area is 93.5 Å². The number of alkyl halides is 1. The third-order valence-corrected chi connectivity index (χ3v) is 3.56. The number of aromatic nitrogens is 1. The van der Waals surface area contributed by atoms with Crippen LogP contribution in [0.25, 0.3) is 0 Å². The van der Waals surface area contributed by atoms with Crippen molar-refractivity contribution in [3.8, 4) is 0 Å². The zero-order chi connectivity index (χ0) is 9.80.